The molecule has 1 amide bonds. The van der Waals surface area contributed by atoms with E-state index in [2.05, 4.69) is 4.72 Å². The first-order valence-electron chi connectivity index (χ1n) is 12.8. The minimum Gasteiger partial charge on any atom is -0.497 e. The Labute approximate surface area is 244 Å². The number of nitrogens with zero attached hydrogens (tertiary/aromatic N) is 2. The normalized spacial score (nSPS) is 18.7. The molecule has 4 rings (SSSR count). The van der Waals surface area contributed by atoms with Gasteiger partial charge in [-0.2, -0.15) is 4.31 Å². The molecule has 1 aliphatic rings. The first-order chi connectivity index (χ1) is 19.4. The average Bonchev–Trinajstić information content (AvgIpc) is 3.51. The number of hydrogen-bond donors (Lipinski definition) is 2. The largest absolute Gasteiger partial charge is 0.497 e. The van der Waals surface area contributed by atoms with Crippen LogP contribution in [0, 0.1) is 5.92 Å². The van der Waals surface area contributed by atoms with Gasteiger partial charge in [-0.05, 0) is 60.8 Å². The molecule has 2 N–H and O–H groups in total. The van der Waals surface area contributed by atoms with Gasteiger partial charge in [-0.3, -0.25) is 9.52 Å². The molecule has 0 radical (unpaired) electrons. The third-order valence-electron chi connectivity index (χ3n) is 6.88. The molecule has 2 heterocycles. The number of fused-ring (bicyclic) bond motifs is 1. The lowest BCUT2D eigenvalue weighted by Gasteiger charge is -2.38. The summed E-state index contributed by atoms with van der Waals surface area (Å²) in [4.78, 5) is 15.2. The molecule has 0 unspecified atom stereocenters. The van der Waals surface area contributed by atoms with Crippen molar-refractivity contribution in [2.75, 3.05) is 38.6 Å². The van der Waals surface area contributed by atoms with Crippen LogP contribution in [0.2, 0.25) is 0 Å². The topological polar surface area (TPSA) is 143 Å². The summed E-state index contributed by atoms with van der Waals surface area (Å²) in [5, 5.41) is 11.5. The standard InChI is InChI=1S/C27H33N3O8S3/c1-18-15-30(19(2)17-31)27(32)23-14-20(28-40(33,34)26-6-5-13-39-26)7-12-24(23)38-25(18)16-29(3)41(35,36)22-10-8-21(37-4)9-11-22/h5-14,18-19,25,28,31H,15-17H2,1-4H3/t18-,19+,25-/m1/s1. The van der Waals surface area contributed by atoms with E-state index in [1.165, 1.54) is 59.8 Å². The van der Waals surface area contributed by atoms with E-state index in [9.17, 15) is 26.7 Å². The quantitative estimate of drug-likeness (QED) is 0.351. The van der Waals surface area contributed by atoms with Gasteiger partial charge < -0.3 is 19.5 Å². The molecule has 3 atom stereocenters. The number of carbonyl (C=O) groups excluding carboxylic acids is 1. The lowest BCUT2D eigenvalue weighted by Crippen LogP contribution is -2.50. The smallest absolute Gasteiger partial charge is 0.271 e. The van der Waals surface area contributed by atoms with E-state index >= 15 is 0 Å². The molecule has 14 heteroatoms. The van der Waals surface area contributed by atoms with Gasteiger partial charge in [-0.1, -0.05) is 13.0 Å². The van der Waals surface area contributed by atoms with Crippen molar-refractivity contribution in [1.82, 2.24) is 9.21 Å². The molecule has 0 aliphatic carbocycles. The first kappa shape index (κ1) is 30.8. The highest BCUT2D eigenvalue weighted by Gasteiger charge is 2.35. The van der Waals surface area contributed by atoms with Gasteiger partial charge in [-0.25, -0.2) is 16.8 Å². The first-order valence-corrected chi connectivity index (χ1v) is 16.6. The number of sulfonamides is 2. The number of anilines is 1. The van der Waals surface area contributed by atoms with E-state index in [1.54, 1.807) is 30.5 Å². The van der Waals surface area contributed by atoms with E-state index in [0.29, 0.717) is 5.75 Å². The Kier molecular flexibility index (Phi) is 9.29. The Bertz CT molecular complexity index is 1580. The summed E-state index contributed by atoms with van der Waals surface area (Å²) in [7, 11) is -4.79. The zero-order valence-corrected chi connectivity index (χ0v) is 25.5. The highest BCUT2D eigenvalue weighted by atomic mass is 32.2. The number of methoxy groups -OCH3 is 1. The highest BCUT2D eigenvalue weighted by molar-refractivity contribution is 7.94. The predicted octanol–water partition coefficient (Wildman–Crippen LogP) is 3.10. The number of thiophene rings is 1. The number of nitrogens with one attached hydrogen (secondary N) is 1. The Morgan fingerprint density at radius 1 is 1.17 bits per heavy atom. The summed E-state index contributed by atoms with van der Waals surface area (Å²) in [6.07, 6.45) is -0.679. The number of likely N-dealkylation sites (N-methyl/N-ethyl adjacent to an activating group) is 1. The number of aliphatic hydroxyl groups is 1. The van der Waals surface area contributed by atoms with Crippen molar-refractivity contribution < 1.29 is 36.2 Å². The van der Waals surface area contributed by atoms with Crippen LogP contribution < -0.4 is 14.2 Å². The Balaban J connectivity index is 1.66. The van der Waals surface area contributed by atoms with Gasteiger partial charge in [0.15, 0.2) is 0 Å². The third-order valence-corrected chi connectivity index (χ3v) is 11.5. The molecule has 0 saturated heterocycles. The lowest BCUT2D eigenvalue weighted by atomic mass is 9.99. The Morgan fingerprint density at radius 2 is 1.88 bits per heavy atom. The molecule has 0 saturated carbocycles. The van der Waals surface area contributed by atoms with Crippen molar-refractivity contribution in [3.8, 4) is 11.5 Å². The van der Waals surface area contributed by atoms with Gasteiger partial charge in [0.1, 0.15) is 21.8 Å². The van der Waals surface area contributed by atoms with Crippen molar-refractivity contribution in [2.24, 2.45) is 5.92 Å². The number of benzene rings is 2. The molecule has 3 aromatic rings. The van der Waals surface area contributed by atoms with Crippen molar-refractivity contribution in [1.29, 1.82) is 0 Å². The van der Waals surface area contributed by atoms with Gasteiger partial charge in [0.25, 0.3) is 15.9 Å². The van der Waals surface area contributed by atoms with Gasteiger partial charge >= 0.3 is 0 Å². The fourth-order valence-electron chi connectivity index (χ4n) is 4.40. The molecule has 0 fully saturated rings. The van der Waals surface area contributed by atoms with Crippen molar-refractivity contribution in [3.05, 3.63) is 65.5 Å². The maximum absolute atomic E-state index is 13.7. The monoisotopic (exact) mass is 623 g/mol. The number of ether oxygens (including phenoxy) is 2. The molecular formula is C27H33N3O8S3. The Hall–Kier alpha value is -3.17. The summed E-state index contributed by atoms with van der Waals surface area (Å²) in [6.45, 7) is 3.39. The summed E-state index contributed by atoms with van der Waals surface area (Å²) in [5.74, 6) is -0.0640. The summed E-state index contributed by atoms with van der Waals surface area (Å²) in [5.41, 5.74) is 0.254. The number of aliphatic hydroxyl groups excluding tert-OH is 1. The highest BCUT2D eigenvalue weighted by Crippen LogP contribution is 2.32. The number of hydrogen-bond acceptors (Lipinski definition) is 9. The van der Waals surface area contributed by atoms with E-state index in [-0.39, 0.29) is 51.7 Å². The number of carbonyl (C=O) groups is 1. The van der Waals surface area contributed by atoms with Crippen LogP contribution in [-0.2, 0) is 20.0 Å². The molecule has 1 aromatic heterocycles. The molecule has 1 aliphatic heterocycles. The summed E-state index contributed by atoms with van der Waals surface area (Å²) >= 11 is 1.06. The minimum absolute atomic E-state index is 0.0305. The van der Waals surface area contributed by atoms with Crippen LogP contribution in [0.1, 0.15) is 24.2 Å². The zero-order chi connectivity index (χ0) is 29.9. The van der Waals surface area contributed by atoms with Crippen LogP contribution in [0.15, 0.2) is 69.1 Å². The van der Waals surface area contributed by atoms with E-state index in [1.807, 2.05) is 6.92 Å². The number of amides is 1. The third kappa shape index (κ3) is 6.67. The molecule has 11 nitrogen and oxygen atoms in total. The van der Waals surface area contributed by atoms with E-state index < -0.39 is 38.1 Å². The molecule has 41 heavy (non-hydrogen) atoms. The maximum Gasteiger partial charge on any atom is 0.271 e. The van der Waals surface area contributed by atoms with E-state index in [0.717, 1.165) is 11.3 Å². The molecule has 0 bridgehead atoms. The maximum atomic E-state index is 13.7. The minimum atomic E-state index is -3.88. The van der Waals surface area contributed by atoms with Crippen LogP contribution in [0.25, 0.3) is 0 Å². The molecule has 0 spiro atoms. The lowest BCUT2D eigenvalue weighted by molar-refractivity contribution is 0.0387. The SMILES string of the molecule is COc1ccc(S(=O)(=O)N(C)C[C@H]2Oc3ccc(NS(=O)(=O)c4cccs4)cc3C(=O)N([C@@H](C)CO)C[C@H]2C)cc1. The van der Waals surface area contributed by atoms with Crippen LogP contribution in [0.5, 0.6) is 11.5 Å². The van der Waals surface area contributed by atoms with Crippen LogP contribution in [-0.4, -0.2) is 83.1 Å². The number of rotatable bonds is 10. The van der Waals surface area contributed by atoms with Crippen LogP contribution in [0.4, 0.5) is 5.69 Å². The fourth-order valence-corrected chi connectivity index (χ4v) is 7.63. The van der Waals surface area contributed by atoms with Gasteiger partial charge in [0.2, 0.25) is 10.0 Å². The van der Waals surface area contributed by atoms with Crippen molar-refractivity contribution in [2.45, 2.75) is 35.1 Å². The predicted molar refractivity (Wildman–Crippen MR) is 156 cm³/mol. The molecular weight excluding hydrogens is 591 g/mol. The van der Waals surface area contributed by atoms with Gasteiger partial charge in [-0.15, -0.1) is 11.3 Å². The Morgan fingerprint density at radius 3 is 2.49 bits per heavy atom. The summed E-state index contributed by atoms with van der Waals surface area (Å²) < 4.78 is 67.4. The second-order valence-electron chi connectivity index (χ2n) is 9.83. The molecule has 2 aromatic carbocycles. The van der Waals surface area contributed by atoms with Crippen molar-refractivity contribution in [3.63, 3.8) is 0 Å². The zero-order valence-electron chi connectivity index (χ0n) is 23.1. The summed E-state index contributed by atoms with van der Waals surface area (Å²) in [6, 6.07) is 13.0. The second kappa shape index (κ2) is 12.4. The molecule has 222 valence electrons. The van der Waals surface area contributed by atoms with Gasteiger partial charge in [0.05, 0.1) is 36.8 Å². The average molecular weight is 624 g/mol. The van der Waals surface area contributed by atoms with Gasteiger partial charge in [0, 0.05) is 25.2 Å². The van der Waals surface area contributed by atoms with Crippen LogP contribution in [0.3, 0.4) is 0 Å². The van der Waals surface area contributed by atoms with E-state index in [4.69, 9.17) is 9.47 Å². The van der Waals surface area contributed by atoms with Crippen LogP contribution >= 0.6 is 11.3 Å². The fraction of sp³-hybridized carbons (Fsp3) is 0.370. The second-order valence-corrected chi connectivity index (χ2v) is 14.7. The van der Waals surface area contributed by atoms with Crippen molar-refractivity contribution >= 4 is 43.0 Å².